The molecule has 0 aliphatic heterocycles. The van der Waals surface area contributed by atoms with Crippen LogP contribution in [0, 0.1) is 5.92 Å². The molecule has 0 aromatic carbocycles. The fourth-order valence-electron chi connectivity index (χ4n) is 2.44. The van der Waals surface area contributed by atoms with Gasteiger partial charge in [-0.15, -0.1) is 11.8 Å². The van der Waals surface area contributed by atoms with E-state index in [-0.39, 0.29) is 11.1 Å². The Bertz CT molecular complexity index is 517. The normalized spacial score (nSPS) is 12.1. The third-order valence-electron chi connectivity index (χ3n) is 4.05. The number of hydrogen-bond donors (Lipinski definition) is 1. The van der Waals surface area contributed by atoms with Gasteiger partial charge >= 0.3 is 5.97 Å². The van der Waals surface area contributed by atoms with Crippen LogP contribution in [-0.2, 0) is 9.53 Å². The maximum absolute atomic E-state index is 11.9. The molecule has 142 valence electrons. The molecule has 0 saturated heterocycles. The highest BCUT2D eigenvalue weighted by Gasteiger charge is 2.11. The van der Waals surface area contributed by atoms with E-state index >= 15 is 0 Å². The van der Waals surface area contributed by atoms with Crippen LogP contribution >= 0.6 is 23.4 Å². The first-order valence-electron chi connectivity index (χ1n) is 9.13. The average molecular weight is 388 g/mol. The van der Waals surface area contributed by atoms with Crippen molar-refractivity contribution in [1.82, 2.24) is 9.97 Å². The number of unbranched alkanes of at least 4 members (excludes halogenated alkanes) is 4. The molecular weight excluding hydrogens is 358 g/mol. The molecule has 7 heteroatoms. The highest BCUT2D eigenvalue weighted by Crippen LogP contribution is 2.23. The molecule has 2 N–H and O–H groups in total. The molecular formula is C18H30ClN3O2S. The number of ether oxygens (including phenoxy) is 1. The van der Waals surface area contributed by atoms with E-state index in [1.807, 2.05) is 0 Å². The van der Waals surface area contributed by atoms with Gasteiger partial charge in [-0.2, -0.15) is 0 Å². The Balaban J connectivity index is 2.18. The Kier molecular flexibility index (Phi) is 11.7. The first-order valence-corrected chi connectivity index (χ1v) is 10.5. The first-order chi connectivity index (χ1) is 12.1. The number of rotatable bonds is 13. The minimum atomic E-state index is -0.169. The van der Waals surface area contributed by atoms with E-state index in [1.165, 1.54) is 50.1 Å². The fraction of sp³-hybridized carbons (Fsp3) is 0.722. The third-order valence-corrected chi connectivity index (χ3v) is 5.23. The highest BCUT2D eigenvalue weighted by molar-refractivity contribution is 7.99. The molecule has 25 heavy (non-hydrogen) atoms. The number of halogens is 1. The summed E-state index contributed by atoms with van der Waals surface area (Å²) in [6, 6.07) is 0. The summed E-state index contributed by atoms with van der Waals surface area (Å²) in [5.41, 5.74) is 5.74. The molecule has 1 aromatic rings. The van der Waals surface area contributed by atoms with Gasteiger partial charge < -0.3 is 10.5 Å². The van der Waals surface area contributed by atoms with Crippen LogP contribution in [0.4, 0.5) is 5.82 Å². The van der Waals surface area contributed by atoms with Crippen LogP contribution in [0.15, 0.2) is 11.2 Å². The monoisotopic (exact) mass is 387 g/mol. The molecule has 0 aliphatic carbocycles. The lowest BCUT2D eigenvalue weighted by molar-refractivity contribution is -0.144. The van der Waals surface area contributed by atoms with Gasteiger partial charge in [-0.05, 0) is 12.3 Å². The Hall–Kier alpha value is -1.01. The highest BCUT2D eigenvalue weighted by atomic mass is 35.5. The number of nitrogens with zero attached hydrogens (tertiary/aromatic N) is 2. The van der Waals surface area contributed by atoms with Crippen LogP contribution in [0.5, 0.6) is 0 Å². The number of thioether (sulfide) groups is 1. The van der Waals surface area contributed by atoms with Crippen molar-refractivity contribution in [1.29, 1.82) is 0 Å². The van der Waals surface area contributed by atoms with Crippen LogP contribution in [0.3, 0.4) is 0 Å². The molecule has 5 nitrogen and oxygen atoms in total. The van der Waals surface area contributed by atoms with Gasteiger partial charge in [0, 0.05) is 5.75 Å². The fourth-order valence-corrected chi connectivity index (χ4v) is 3.36. The molecule has 1 atom stereocenters. The van der Waals surface area contributed by atoms with Gasteiger partial charge in [-0.1, -0.05) is 64.0 Å². The van der Waals surface area contributed by atoms with Gasteiger partial charge in [0.1, 0.15) is 10.2 Å². The summed E-state index contributed by atoms with van der Waals surface area (Å²) in [7, 11) is 0. The number of aromatic nitrogens is 2. The third kappa shape index (κ3) is 9.90. The molecule has 0 saturated carbocycles. The van der Waals surface area contributed by atoms with Crippen molar-refractivity contribution in [3.05, 3.63) is 11.3 Å². The second kappa shape index (κ2) is 13.2. The summed E-state index contributed by atoms with van der Waals surface area (Å²) >= 11 is 7.10. The second-order valence-electron chi connectivity index (χ2n) is 6.14. The molecule has 0 bridgehead atoms. The summed E-state index contributed by atoms with van der Waals surface area (Å²) in [4.78, 5) is 19.9. The van der Waals surface area contributed by atoms with Crippen LogP contribution in [0.1, 0.15) is 65.2 Å². The molecule has 0 aliphatic rings. The number of nitrogen functional groups attached to an aromatic ring is 1. The number of carbonyl (C=O) groups excluding carboxylic acids is 1. The van der Waals surface area contributed by atoms with Gasteiger partial charge in [0.15, 0.2) is 5.82 Å². The molecule has 1 aromatic heterocycles. The van der Waals surface area contributed by atoms with Crippen molar-refractivity contribution in [2.45, 2.75) is 70.2 Å². The van der Waals surface area contributed by atoms with Crippen molar-refractivity contribution in [2.75, 3.05) is 18.1 Å². The molecule has 0 amide bonds. The molecule has 0 fully saturated rings. The van der Waals surface area contributed by atoms with E-state index in [4.69, 9.17) is 22.1 Å². The number of anilines is 1. The molecule has 0 radical (unpaired) electrons. The van der Waals surface area contributed by atoms with Crippen molar-refractivity contribution < 1.29 is 9.53 Å². The number of carbonyl (C=O) groups is 1. The zero-order valence-corrected chi connectivity index (χ0v) is 16.9. The van der Waals surface area contributed by atoms with Crippen LogP contribution in [0.2, 0.25) is 5.15 Å². The van der Waals surface area contributed by atoms with Crippen LogP contribution in [0.25, 0.3) is 0 Å². The molecule has 0 spiro atoms. The minimum absolute atomic E-state index is 0.169. The van der Waals surface area contributed by atoms with Gasteiger partial charge in [-0.3, -0.25) is 4.79 Å². The number of hydrogen-bond acceptors (Lipinski definition) is 6. The lowest BCUT2D eigenvalue weighted by atomic mass is 9.99. The smallest absolute Gasteiger partial charge is 0.306 e. The van der Waals surface area contributed by atoms with Crippen molar-refractivity contribution in [3.63, 3.8) is 0 Å². The van der Waals surface area contributed by atoms with Crippen molar-refractivity contribution in [2.24, 2.45) is 5.92 Å². The standard InChI is InChI=1S/C18H30ClN3O2S/c1-3-5-6-7-8-9-14(4-2)13-24-16(23)10-11-25-18-17(20)22-15(19)12-21-18/h12,14H,3-11,13H2,1-2H3,(H2,20,22). The van der Waals surface area contributed by atoms with Crippen molar-refractivity contribution >= 4 is 35.1 Å². The van der Waals surface area contributed by atoms with E-state index in [1.54, 1.807) is 0 Å². The summed E-state index contributed by atoms with van der Waals surface area (Å²) in [6.45, 7) is 4.90. The zero-order valence-electron chi connectivity index (χ0n) is 15.3. The Morgan fingerprint density at radius 1 is 1.32 bits per heavy atom. The molecule has 1 rings (SSSR count). The lowest BCUT2D eigenvalue weighted by Gasteiger charge is -2.15. The summed E-state index contributed by atoms with van der Waals surface area (Å²) in [5, 5.41) is 0.859. The van der Waals surface area contributed by atoms with Gasteiger partial charge in [-0.25, -0.2) is 9.97 Å². The van der Waals surface area contributed by atoms with E-state index in [9.17, 15) is 4.79 Å². The Morgan fingerprint density at radius 3 is 2.76 bits per heavy atom. The maximum Gasteiger partial charge on any atom is 0.306 e. The van der Waals surface area contributed by atoms with Gasteiger partial charge in [0.25, 0.3) is 0 Å². The topological polar surface area (TPSA) is 78.1 Å². The van der Waals surface area contributed by atoms with E-state index in [0.717, 1.165) is 12.8 Å². The Morgan fingerprint density at radius 2 is 2.08 bits per heavy atom. The van der Waals surface area contributed by atoms with Gasteiger partial charge in [0.2, 0.25) is 0 Å². The average Bonchev–Trinajstić information content (AvgIpc) is 2.59. The van der Waals surface area contributed by atoms with E-state index in [0.29, 0.717) is 35.5 Å². The number of nitrogens with two attached hydrogens (primary N) is 1. The van der Waals surface area contributed by atoms with E-state index in [2.05, 4.69) is 23.8 Å². The van der Waals surface area contributed by atoms with Gasteiger partial charge in [0.05, 0.1) is 19.2 Å². The summed E-state index contributed by atoms with van der Waals surface area (Å²) in [6.07, 6.45) is 10.4. The summed E-state index contributed by atoms with van der Waals surface area (Å²) in [5.74, 6) is 1.15. The predicted molar refractivity (Wildman–Crippen MR) is 105 cm³/mol. The quantitative estimate of drug-likeness (QED) is 0.287. The predicted octanol–water partition coefficient (Wildman–Crippen LogP) is 5.12. The maximum atomic E-state index is 11.9. The molecule has 1 heterocycles. The lowest BCUT2D eigenvalue weighted by Crippen LogP contribution is -2.14. The van der Waals surface area contributed by atoms with Crippen molar-refractivity contribution in [3.8, 4) is 0 Å². The van der Waals surface area contributed by atoms with Crippen LogP contribution in [-0.4, -0.2) is 28.3 Å². The minimum Gasteiger partial charge on any atom is -0.465 e. The summed E-state index contributed by atoms with van der Waals surface area (Å²) < 4.78 is 5.42. The Labute approximate surface area is 160 Å². The number of esters is 1. The van der Waals surface area contributed by atoms with E-state index < -0.39 is 0 Å². The SMILES string of the molecule is CCCCCCCC(CC)COC(=O)CCSc1ncc(Cl)nc1N. The second-order valence-corrected chi connectivity index (χ2v) is 7.61. The largest absolute Gasteiger partial charge is 0.465 e. The molecule has 1 unspecified atom stereocenters. The van der Waals surface area contributed by atoms with Crippen LogP contribution < -0.4 is 5.73 Å². The first kappa shape index (κ1) is 22.0. The zero-order chi connectivity index (χ0) is 18.5.